The van der Waals surface area contributed by atoms with Gasteiger partial charge in [-0.1, -0.05) is 18.2 Å². The summed E-state index contributed by atoms with van der Waals surface area (Å²) >= 11 is 5.07. The average molecular weight is 399 g/mol. The van der Waals surface area contributed by atoms with Crippen LogP contribution in [0.2, 0.25) is 0 Å². The van der Waals surface area contributed by atoms with E-state index in [0.29, 0.717) is 5.56 Å². The predicted molar refractivity (Wildman–Crippen MR) is 99.5 cm³/mol. The molecule has 28 heavy (non-hydrogen) atoms. The molecular weight excluding hydrogens is 387 g/mol. The number of ether oxygens (including phenoxy) is 1. The molecule has 2 amide bonds. The quantitative estimate of drug-likeness (QED) is 0.453. The standard InChI is InChI=1S/C19H13FN2O5S/c20-12-5-7-13(8-6-12)22-18(26)14(17(25)21-19(22)28)9-11-3-1-2-4-15(11)27-10-16(23)24/h1-9H,10H2,(H,23,24)(H,21,25,28)/p-1/b14-9+. The van der Waals surface area contributed by atoms with Crippen molar-refractivity contribution < 1.29 is 28.6 Å². The second kappa shape index (κ2) is 7.97. The van der Waals surface area contributed by atoms with Gasteiger partial charge in [0.2, 0.25) is 0 Å². The predicted octanol–water partition coefficient (Wildman–Crippen LogP) is 0.786. The molecule has 0 spiro atoms. The third kappa shape index (κ3) is 4.04. The number of nitrogens with one attached hydrogen (secondary N) is 1. The molecule has 1 aliphatic heterocycles. The Labute approximate surface area is 164 Å². The number of para-hydroxylation sites is 1. The van der Waals surface area contributed by atoms with Gasteiger partial charge in [-0.15, -0.1) is 0 Å². The van der Waals surface area contributed by atoms with Crippen LogP contribution < -0.4 is 20.1 Å². The van der Waals surface area contributed by atoms with Crippen molar-refractivity contribution in [2.45, 2.75) is 0 Å². The number of carboxylic acids is 1. The van der Waals surface area contributed by atoms with Gasteiger partial charge in [-0.2, -0.15) is 0 Å². The van der Waals surface area contributed by atoms with E-state index in [0.717, 1.165) is 17.0 Å². The van der Waals surface area contributed by atoms with Gasteiger partial charge in [-0.3, -0.25) is 19.8 Å². The molecule has 1 saturated heterocycles. The first-order valence-corrected chi connectivity index (χ1v) is 8.36. The van der Waals surface area contributed by atoms with E-state index in [1.165, 1.54) is 24.3 Å². The Bertz CT molecular complexity index is 1000. The summed E-state index contributed by atoms with van der Waals surface area (Å²) in [6.45, 7) is -0.688. The zero-order chi connectivity index (χ0) is 20.3. The van der Waals surface area contributed by atoms with Crippen molar-refractivity contribution in [1.82, 2.24) is 5.32 Å². The molecule has 1 aliphatic rings. The van der Waals surface area contributed by atoms with Gasteiger partial charge in [-0.25, -0.2) is 4.39 Å². The Kier molecular flexibility index (Phi) is 5.46. The number of anilines is 1. The molecule has 142 valence electrons. The van der Waals surface area contributed by atoms with Crippen LogP contribution in [0.25, 0.3) is 6.08 Å². The van der Waals surface area contributed by atoms with Crippen molar-refractivity contribution in [3.63, 3.8) is 0 Å². The zero-order valence-electron chi connectivity index (χ0n) is 14.2. The van der Waals surface area contributed by atoms with E-state index in [2.05, 4.69) is 5.32 Å². The SMILES string of the molecule is O=C([O-])COc1ccccc1/C=C1\C(=O)NC(=S)N(c2ccc(F)cc2)C1=O. The van der Waals surface area contributed by atoms with E-state index in [4.69, 9.17) is 17.0 Å². The maximum Gasteiger partial charge on any atom is 0.270 e. The lowest BCUT2D eigenvalue weighted by Crippen LogP contribution is -2.54. The molecule has 0 aliphatic carbocycles. The number of benzene rings is 2. The lowest BCUT2D eigenvalue weighted by Gasteiger charge is -2.29. The van der Waals surface area contributed by atoms with Crippen molar-refractivity contribution in [2.24, 2.45) is 0 Å². The zero-order valence-corrected chi connectivity index (χ0v) is 15.0. The summed E-state index contributed by atoms with van der Waals surface area (Å²) in [4.78, 5) is 36.9. The second-order valence-corrected chi connectivity index (χ2v) is 6.02. The Morgan fingerprint density at radius 3 is 2.54 bits per heavy atom. The van der Waals surface area contributed by atoms with Crippen LogP contribution in [0, 0.1) is 5.82 Å². The number of carbonyl (C=O) groups excluding carboxylic acids is 3. The first-order chi connectivity index (χ1) is 13.4. The number of halogens is 1. The highest BCUT2D eigenvalue weighted by Gasteiger charge is 2.34. The van der Waals surface area contributed by atoms with Crippen molar-refractivity contribution in [3.8, 4) is 5.75 Å². The fourth-order valence-corrected chi connectivity index (χ4v) is 2.79. The Balaban J connectivity index is 1.98. The third-order valence-corrected chi connectivity index (χ3v) is 4.04. The van der Waals surface area contributed by atoms with Crippen LogP contribution in [-0.4, -0.2) is 29.5 Å². The number of carbonyl (C=O) groups is 3. The maximum atomic E-state index is 13.2. The van der Waals surface area contributed by atoms with E-state index < -0.39 is 30.2 Å². The van der Waals surface area contributed by atoms with Crippen molar-refractivity contribution in [3.05, 3.63) is 65.5 Å². The minimum atomic E-state index is -1.42. The minimum absolute atomic E-state index is 0.139. The highest BCUT2D eigenvalue weighted by Crippen LogP contribution is 2.25. The lowest BCUT2D eigenvalue weighted by molar-refractivity contribution is -0.307. The smallest absolute Gasteiger partial charge is 0.270 e. The largest absolute Gasteiger partial charge is 0.546 e. The molecule has 2 aromatic carbocycles. The van der Waals surface area contributed by atoms with Gasteiger partial charge in [0, 0.05) is 5.56 Å². The molecular formula is C19H12FN2O5S-. The van der Waals surface area contributed by atoms with Crippen LogP contribution in [0.1, 0.15) is 5.56 Å². The molecule has 1 heterocycles. The second-order valence-electron chi connectivity index (χ2n) is 5.63. The van der Waals surface area contributed by atoms with Gasteiger partial charge < -0.3 is 14.6 Å². The molecule has 1 fully saturated rings. The highest BCUT2D eigenvalue weighted by molar-refractivity contribution is 7.80. The summed E-state index contributed by atoms with van der Waals surface area (Å²) in [5, 5.41) is 12.9. The number of amides is 2. The fraction of sp³-hybridized carbons (Fsp3) is 0.0526. The van der Waals surface area contributed by atoms with E-state index in [-0.39, 0.29) is 22.1 Å². The number of nitrogens with zero attached hydrogens (tertiary/aromatic N) is 1. The van der Waals surface area contributed by atoms with Crippen molar-refractivity contribution >= 4 is 46.9 Å². The molecule has 0 radical (unpaired) electrons. The summed E-state index contributed by atoms with van der Waals surface area (Å²) in [7, 11) is 0. The number of thiocarbonyl (C=S) groups is 1. The summed E-state index contributed by atoms with van der Waals surface area (Å²) in [6.07, 6.45) is 1.26. The molecule has 0 atom stereocenters. The number of rotatable bonds is 5. The fourth-order valence-electron chi connectivity index (χ4n) is 2.51. The minimum Gasteiger partial charge on any atom is -0.546 e. The van der Waals surface area contributed by atoms with Gasteiger partial charge in [0.15, 0.2) is 5.11 Å². The normalized spacial score (nSPS) is 15.5. The van der Waals surface area contributed by atoms with Crippen LogP contribution in [0.3, 0.4) is 0 Å². The molecule has 1 N–H and O–H groups in total. The number of carboxylic acid groups (broad SMARTS) is 1. The average Bonchev–Trinajstić information content (AvgIpc) is 2.65. The summed E-state index contributed by atoms with van der Waals surface area (Å²) in [5.74, 6) is -3.18. The van der Waals surface area contributed by atoms with E-state index in [9.17, 15) is 23.9 Å². The Hall–Kier alpha value is -3.59. The first kappa shape index (κ1) is 19.2. The molecule has 0 unspecified atom stereocenters. The van der Waals surface area contributed by atoms with Crippen LogP contribution in [0.15, 0.2) is 54.1 Å². The molecule has 0 saturated carbocycles. The van der Waals surface area contributed by atoms with Crippen LogP contribution in [0.4, 0.5) is 10.1 Å². The van der Waals surface area contributed by atoms with Crippen LogP contribution >= 0.6 is 12.2 Å². The monoisotopic (exact) mass is 399 g/mol. The summed E-state index contributed by atoms with van der Waals surface area (Å²) in [5.41, 5.74) is 0.348. The van der Waals surface area contributed by atoms with E-state index >= 15 is 0 Å². The number of hydrogen-bond donors (Lipinski definition) is 1. The van der Waals surface area contributed by atoms with Gasteiger partial charge in [0.05, 0.1) is 11.7 Å². The first-order valence-electron chi connectivity index (χ1n) is 7.95. The van der Waals surface area contributed by atoms with Crippen molar-refractivity contribution in [1.29, 1.82) is 0 Å². The van der Waals surface area contributed by atoms with Crippen molar-refractivity contribution in [2.75, 3.05) is 11.5 Å². The molecule has 0 aromatic heterocycles. The van der Waals surface area contributed by atoms with E-state index in [1.807, 2.05) is 0 Å². The molecule has 3 rings (SSSR count). The van der Waals surface area contributed by atoms with Gasteiger partial charge in [-0.05, 0) is 48.6 Å². The molecule has 2 aromatic rings. The Morgan fingerprint density at radius 2 is 1.86 bits per heavy atom. The maximum absolute atomic E-state index is 13.2. The lowest BCUT2D eigenvalue weighted by atomic mass is 10.1. The number of hydrogen-bond acceptors (Lipinski definition) is 6. The highest BCUT2D eigenvalue weighted by atomic mass is 32.1. The third-order valence-electron chi connectivity index (χ3n) is 3.75. The van der Waals surface area contributed by atoms with Crippen LogP contribution in [0.5, 0.6) is 5.75 Å². The van der Waals surface area contributed by atoms with Gasteiger partial charge >= 0.3 is 0 Å². The number of aliphatic carboxylic acids is 1. The Morgan fingerprint density at radius 1 is 1.18 bits per heavy atom. The summed E-state index contributed by atoms with van der Waals surface area (Å²) < 4.78 is 18.3. The molecule has 9 heteroatoms. The summed E-state index contributed by atoms with van der Waals surface area (Å²) in [6, 6.07) is 11.3. The molecule has 7 nitrogen and oxygen atoms in total. The van der Waals surface area contributed by atoms with Crippen LogP contribution in [-0.2, 0) is 14.4 Å². The topological polar surface area (TPSA) is 98.8 Å². The van der Waals surface area contributed by atoms with Gasteiger partial charge in [0.25, 0.3) is 11.8 Å². The van der Waals surface area contributed by atoms with E-state index in [1.54, 1.807) is 18.2 Å². The molecule has 0 bridgehead atoms. The van der Waals surface area contributed by atoms with Gasteiger partial charge in [0.1, 0.15) is 23.7 Å².